The number of aryl methyl sites for hydroxylation is 1. The molecule has 0 bridgehead atoms. The smallest absolute Gasteiger partial charge is 0.331 e. The van der Waals surface area contributed by atoms with Gasteiger partial charge in [0.25, 0.3) is 5.79 Å². The molecule has 1 aliphatic rings. The molecule has 0 amide bonds. The number of esters is 2. The lowest BCUT2D eigenvalue weighted by molar-refractivity contribution is -0.671. The molecule has 2 heterocycles. The first-order valence-corrected chi connectivity index (χ1v) is 6.24. The fraction of sp³-hybridized carbons (Fsp3) is 0.500. The van der Waals surface area contributed by atoms with Crippen LogP contribution in [0.1, 0.15) is 32.8 Å². The molecule has 1 saturated heterocycles. The molecule has 0 N–H and O–H groups in total. The van der Waals surface area contributed by atoms with E-state index >= 15 is 0 Å². The molecule has 0 radical (unpaired) electrons. The van der Waals surface area contributed by atoms with E-state index in [4.69, 9.17) is 9.47 Å². The summed E-state index contributed by atoms with van der Waals surface area (Å²) < 4.78 is 12.3. The van der Waals surface area contributed by atoms with E-state index < -0.39 is 23.1 Å². The van der Waals surface area contributed by atoms with Crippen molar-refractivity contribution >= 4 is 11.9 Å². The summed E-state index contributed by atoms with van der Waals surface area (Å²) in [6.45, 7) is 4.87. The van der Waals surface area contributed by atoms with Gasteiger partial charge in [0.1, 0.15) is 7.05 Å². The van der Waals surface area contributed by atoms with Gasteiger partial charge in [0.05, 0.1) is 0 Å². The van der Waals surface area contributed by atoms with Crippen LogP contribution in [0.25, 0.3) is 0 Å². The maximum absolute atomic E-state index is 12.3. The molecule has 19 heavy (non-hydrogen) atoms. The van der Waals surface area contributed by atoms with Crippen molar-refractivity contribution in [1.29, 1.82) is 0 Å². The molecule has 5 nitrogen and oxygen atoms in total. The Morgan fingerprint density at radius 1 is 1.11 bits per heavy atom. The maximum atomic E-state index is 12.3. The summed E-state index contributed by atoms with van der Waals surface area (Å²) in [6.07, 6.45) is 3.87. The van der Waals surface area contributed by atoms with Crippen LogP contribution >= 0.6 is 0 Å². The summed E-state index contributed by atoms with van der Waals surface area (Å²) in [6, 6.07) is 3.48. The topological polar surface area (TPSA) is 56.5 Å². The highest BCUT2D eigenvalue weighted by Crippen LogP contribution is 2.37. The zero-order valence-electron chi connectivity index (χ0n) is 11.6. The van der Waals surface area contributed by atoms with E-state index in [1.54, 1.807) is 45.3 Å². The molecule has 1 fully saturated rings. The van der Waals surface area contributed by atoms with Gasteiger partial charge in [0, 0.05) is 26.0 Å². The van der Waals surface area contributed by atoms with Gasteiger partial charge in [-0.25, -0.2) is 4.57 Å². The highest BCUT2D eigenvalue weighted by atomic mass is 16.7. The van der Waals surface area contributed by atoms with Crippen LogP contribution in [0, 0.1) is 0 Å². The number of cyclic esters (lactones) is 2. The van der Waals surface area contributed by atoms with Gasteiger partial charge in [-0.1, -0.05) is 6.92 Å². The summed E-state index contributed by atoms with van der Waals surface area (Å²) in [5.74, 6) is -2.30. The number of aromatic nitrogens is 1. The van der Waals surface area contributed by atoms with E-state index in [9.17, 15) is 9.59 Å². The lowest BCUT2D eigenvalue weighted by Gasteiger charge is -2.39. The Morgan fingerprint density at radius 3 is 2.00 bits per heavy atom. The third-order valence-corrected chi connectivity index (χ3v) is 3.38. The number of carbonyl (C=O) groups excluding carboxylic acids is 2. The number of ether oxygens (including phenoxy) is 2. The van der Waals surface area contributed by atoms with E-state index in [1.807, 2.05) is 11.6 Å². The minimum absolute atomic E-state index is 0.300. The molecule has 5 heteroatoms. The molecule has 2 rings (SSSR count). The second-order valence-electron chi connectivity index (χ2n) is 5.19. The summed E-state index contributed by atoms with van der Waals surface area (Å²) in [7, 11) is 1.86. The van der Waals surface area contributed by atoms with Crippen molar-refractivity contribution in [3.05, 3.63) is 30.1 Å². The van der Waals surface area contributed by atoms with E-state index in [2.05, 4.69) is 0 Å². The van der Waals surface area contributed by atoms with Crippen LogP contribution in [0.4, 0.5) is 0 Å². The van der Waals surface area contributed by atoms with Crippen molar-refractivity contribution in [3.63, 3.8) is 0 Å². The first-order chi connectivity index (χ1) is 8.82. The normalized spacial score (nSPS) is 20.6. The molecule has 0 atom stereocenters. The molecule has 1 aromatic heterocycles. The Balaban J connectivity index is 2.51. The Morgan fingerprint density at radius 2 is 1.58 bits per heavy atom. The number of pyridine rings is 1. The fourth-order valence-electron chi connectivity index (χ4n) is 2.24. The van der Waals surface area contributed by atoms with Gasteiger partial charge in [0.15, 0.2) is 17.8 Å². The van der Waals surface area contributed by atoms with Crippen molar-refractivity contribution in [1.82, 2.24) is 0 Å². The fourth-order valence-corrected chi connectivity index (χ4v) is 2.24. The Hall–Kier alpha value is -1.91. The van der Waals surface area contributed by atoms with Crippen molar-refractivity contribution in [2.45, 2.75) is 38.4 Å². The van der Waals surface area contributed by atoms with Gasteiger partial charge in [-0.3, -0.25) is 9.59 Å². The summed E-state index contributed by atoms with van der Waals surface area (Å²) in [5.41, 5.74) is -0.761. The van der Waals surface area contributed by atoms with E-state index in [0.717, 1.165) is 0 Å². The third kappa shape index (κ3) is 2.09. The second kappa shape index (κ2) is 4.33. The first kappa shape index (κ1) is 13.5. The van der Waals surface area contributed by atoms with Gasteiger partial charge < -0.3 is 9.47 Å². The minimum Gasteiger partial charge on any atom is -0.422 e. The molecule has 0 saturated carbocycles. The van der Waals surface area contributed by atoms with Gasteiger partial charge in [-0.2, -0.15) is 0 Å². The predicted octanol–water partition coefficient (Wildman–Crippen LogP) is 0.995. The number of nitrogens with zero attached hydrogens (tertiary/aromatic N) is 1. The zero-order valence-corrected chi connectivity index (χ0v) is 11.6. The van der Waals surface area contributed by atoms with Gasteiger partial charge >= 0.3 is 11.9 Å². The summed E-state index contributed by atoms with van der Waals surface area (Å²) >= 11 is 0. The molecule has 102 valence electrons. The number of hydrogen-bond donors (Lipinski definition) is 0. The van der Waals surface area contributed by atoms with E-state index in [1.165, 1.54) is 0 Å². The molecule has 1 aliphatic heterocycles. The molecule has 0 aliphatic carbocycles. The van der Waals surface area contributed by atoms with Crippen LogP contribution in [0.15, 0.2) is 24.5 Å². The van der Waals surface area contributed by atoms with E-state index in [-0.39, 0.29) is 0 Å². The van der Waals surface area contributed by atoms with Crippen molar-refractivity contribution in [3.8, 4) is 0 Å². The molecular formula is C14H18NO4+. The summed E-state index contributed by atoms with van der Waals surface area (Å²) in [5, 5.41) is 0. The number of rotatable bonds is 2. The molecule has 1 aromatic rings. The second-order valence-corrected chi connectivity index (χ2v) is 5.19. The van der Waals surface area contributed by atoms with Crippen LogP contribution in [-0.2, 0) is 31.5 Å². The van der Waals surface area contributed by atoms with Crippen LogP contribution in [-0.4, -0.2) is 17.7 Å². The first-order valence-electron chi connectivity index (χ1n) is 6.24. The Kier molecular flexibility index (Phi) is 3.08. The van der Waals surface area contributed by atoms with Gasteiger partial charge in [-0.05, 0) is 12.0 Å². The van der Waals surface area contributed by atoms with Gasteiger partial charge in [-0.15, -0.1) is 0 Å². The highest BCUT2D eigenvalue weighted by molar-refractivity contribution is 6.07. The minimum atomic E-state index is -1.36. The molecule has 0 unspecified atom stereocenters. The van der Waals surface area contributed by atoms with Gasteiger partial charge in [0.2, 0.25) is 0 Å². The lowest BCUT2D eigenvalue weighted by Crippen LogP contribution is -2.56. The Labute approximate surface area is 112 Å². The van der Waals surface area contributed by atoms with Crippen molar-refractivity contribution in [2.24, 2.45) is 7.05 Å². The molecule has 0 spiro atoms. The largest absolute Gasteiger partial charge is 0.422 e. The average molecular weight is 264 g/mol. The SMILES string of the molecule is CCC1(c2cc[n+](C)cc2)C(=O)OC(C)(C)OC1=O. The van der Waals surface area contributed by atoms with Crippen LogP contribution < -0.4 is 4.57 Å². The number of carbonyl (C=O) groups is 2. The summed E-state index contributed by atoms with van der Waals surface area (Å²) in [4.78, 5) is 24.7. The van der Waals surface area contributed by atoms with Crippen molar-refractivity contribution in [2.75, 3.05) is 0 Å². The van der Waals surface area contributed by atoms with Crippen LogP contribution in [0.2, 0.25) is 0 Å². The average Bonchev–Trinajstić information content (AvgIpc) is 2.30. The molecular weight excluding hydrogens is 246 g/mol. The van der Waals surface area contributed by atoms with Crippen LogP contribution in [0.5, 0.6) is 0 Å². The zero-order chi connectivity index (χ0) is 14.3. The Bertz CT molecular complexity index is 499. The van der Waals surface area contributed by atoms with E-state index in [0.29, 0.717) is 12.0 Å². The quantitative estimate of drug-likeness (QED) is 0.454. The van der Waals surface area contributed by atoms with Crippen molar-refractivity contribution < 1.29 is 23.6 Å². The predicted molar refractivity (Wildman–Crippen MR) is 65.9 cm³/mol. The van der Waals surface area contributed by atoms with Crippen LogP contribution in [0.3, 0.4) is 0 Å². The lowest BCUT2D eigenvalue weighted by atomic mass is 9.77. The highest BCUT2D eigenvalue weighted by Gasteiger charge is 2.56. The third-order valence-electron chi connectivity index (χ3n) is 3.38. The number of hydrogen-bond acceptors (Lipinski definition) is 4. The monoisotopic (exact) mass is 264 g/mol. The molecule has 0 aromatic carbocycles. The maximum Gasteiger partial charge on any atom is 0.331 e. The standard InChI is InChI=1S/C14H18NO4/c1-5-14(10-6-8-15(4)9-7-10)11(16)18-13(2,3)19-12(14)17/h6-9H,5H2,1-4H3/q+1.